The SMILES string of the molecule is c1ccc(-c2cccc(-n3c4ccccc4c4ccc(N(c5ccccc5)c5ccccc5-c5ccc6oc7ccccc7c6c5)cc43)c2-c2ccccc2)cc1. The molecule has 2 heterocycles. The van der Waals surface area contributed by atoms with Crippen LogP contribution >= 0.6 is 0 Å². The summed E-state index contributed by atoms with van der Waals surface area (Å²) in [7, 11) is 0. The summed E-state index contributed by atoms with van der Waals surface area (Å²) in [5, 5.41) is 4.66. The number of rotatable bonds is 7. The Hall–Kier alpha value is -7.62. The van der Waals surface area contributed by atoms with E-state index in [0.29, 0.717) is 0 Å². The minimum Gasteiger partial charge on any atom is -0.456 e. The van der Waals surface area contributed by atoms with Crippen molar-refractivity contribution in [3.63, 3.8) is 0 Å². The highest BCUT2D eigenvalue weighted by atomic mass is 16.3. The first kappa shape index (κ1) is 32.8. The number of aromatic nitrogens is 1. The van der Waals surface area contributed by atoms with E-state index < -0.39 is 0 Å². The van der Waals surface area contributed by atoms with Crippen LogP contribution in [0.3, 0.4) is 0 Å². The molecular formula is C54H36N2O. The molecule has 0 fully saturated rings. The first-order valence-electron chi connectivity index (χ1n) is 19.4. The predicted molar refractivity (Wildman–Crippen MR) is 239 cm³/mol. The minimum atomic E-state index is 0.891. The van der Waals surface area contributed by atoms with E-state index in [-0.39, 0.29) is 0 Å². The van der Waals surface area contributed by atoms with Gasteiger partial charge >= 0.3 is 0 Å². The lowest BCUT2D eigenvalue weighted by Gasteiger charge is -2.28. The van der Waals surface area contributed by atoms with Gasteiger partial charge in [-0.2, -0.15) is 0 Å². The van der Waals surface area contributed by atoms with Crippen LogP contribution in [0.4, 0.5) is 17.1 Å². The predicted octanol–water partition coefficient (Wildman–Crippen LogP) is 15.2. The summed E-state index contributed by atoms with van der Waals surface area (Å²) in [6, 6.07) is 78.2. The van der Waals surface area contributed by atoms with Crippen molar-refractivity contribution in [1.29, 1.82) is 0 Å². The van der Waals surface area contributed by atoms with Gasteiger partial charge in [0.2, 0.25) is 0 Å². The Balaban J connectivity index is 1.16. The maximum atomic E-state index is 6.23. The van der Waals surface area contributed by atoms with E-state index in [1.54, 1.807) is 0 Å². The van der Waals surface area contributed by atoms with Crippen molar-refractivity contribution in [2.24, 2.45) is 0 Å². The first-order valence-corrected chi connectivity index (χ1v) is 19.4. The van der Waals surface area contributed by atoms with E-state index in [0.717, 1.165) is 61.3 Å². The van der Waals surface area contributed by atoms with E-state index in [4.69, 9.17) is 4.42 Å². The molecule has 0 atom stereocenters. The molecule has 0 aliphatic heterocycles. The lowest BCUT2D eigenvalue weighted by Crippen LogP contribution is -2.11. The van der Waals surface area contributed by atoms with Crippen LogP contribution in [-0.2, 0) is 0 Å². The first-order chi connectivity index (χ1) is 28.3. The van der Waals surface area contributed by atoms with Crippen molar-refractivity contribution >= 4 is 60.8 Å². The van der Waals surface area contributed by atoms with E-state index in [2.05, 4.69) is 216 Å². The van der Waals surface area contributed by atoms with Crippen molar-refractivity contribution in [3.05, 3.63) is 218 Å². The highest BCUT2D eigenvalue weighted by Crippen LogP contribution is 2.46. The number of para-hydroxylation sites is 4. The molecule has 11 aromatic rings. The molecule has 0 N–H and O–H groups in total. The summed E-state index contributed by atoms with van der Waals surface area (Å²) in [6.45, 7) is 0. The highest BCUT2D eigenvalue weighted by molar-refractivity contribution is 6.12. The van der Waals surface area contributed by atoms with Crippen molar-refractivity contribution in [2.75, 3.05) is 4.90 Å². The normalized spacial score (nSPS) is 11.5. The lowest BCUT2D eigenvalue weighted by molar-refractivity contribution is 0.669. The van der Waals surface area contributed by atoms with Crippen LogP contribution in [0, 0.1) is 0 Å². The molecule has 0 saturated carbocycles. The topological polar surface area (TPSA) is 21.3 Å². The van der Waals surface area contributed by atoms with Gasteiger partial charge in [0, 0.05) is 44.0 Å². The van der Waals surface area contributed by atoms with Crippen molar-refractivity contribution in [2.45, 2.75) is 0 Å². The van der Waals surface area contributed by atoms with Crippen LogP contribution in [-0.4, -0.2) is 4.57 Å². The summed E-state index contributed by atoms with van der Waals surface area (Å²) >= 11 is 0. The molecule has 3 heteroatoms. The van der Waals surface area contributed by atoms with Crippen LogP contribution in [0.15, 0.2) is 223 Å². The summed E-state index contributed by atoms with van der Waals surface area (Å²) in [5.74, 6) is 0. The molecule has 3 nitrogen and oxygen atoms in total. The zero-order chi connectivity index (χ0) is 37.7. The smallest absolute Gasteiger partial charge is 0.135 e. The Labute approximate surface area is 330 Å². The fourth-order valence-corrected chi connectivity index (χ4v) is 8.66. The van der Waals surface area contributed by atoms with Gasteiger partial charge in [-0.3, -0.25) is 0 Å². The summed E-state index contributed by atoms with van der Waals surface area (Å²) in [5.41, 5.74) is 15.5. The molecule has 0 bridgehead atoms. The number of hydrogen-bond acceptors (Lipinski definition) is 2. The van der Waals surface area contributed by atoms with Crippen LogP contribution < -0.4 is 4.90 Å². The largest absolute Gasteiger partial charge is 0.456 e. The average molecular weight is 729 g/mol. The second-order valence-electron chi connectivity index (χ2n) is 14.5. The van der Waals surface area contributed by atoms with E-state index >= 15 is 0 Å². The van der Waals surface area contributed by atoms with Gasteiger partial charge in [-0.15, -0.1) is 0 Å². The second-order valence-corrected chi connectivity index (χ2v) is 14.5. The molecule has 0 saturated heterocycles. The standard InChI is InChI=1S/C54H36N2O/c1-4-17-37(18-5-1)43-26-16-29-50(54(43)38-19-6-2-7-20-38)56-49-28-14-11-24-44(49)45-33-32-41(36-51(45)56)55(40-21-8-3-9-22-40)48-27-13-10-23-42(48)39-31-34-53-47(35-39)46-25-12-15-30-52(46)57-53/h1-36H. The fraction of sp³-hybridized carbons (Fsp3) is 0. The Kier molecular flexibility index (Phi) is 7.82. The van der Waals surface area contributed by atoms with E-state index in [9.17, 15) is 0 Å². The molecule has 0 unspecified atom stereocenters. The summed E-state index contributed by atoms with van der Waals surface area (Å²) in [6.07, 6.45) is 0. The zero-order valence-corrected chi connectivity index (χ0v) is 31.1. The summed E-state index contributed by atoms with van der Waals surface area (Å²) < 4.78 is 8.70. The number of fused-ring (bicyclic) bond motifs is 6. The minimum absolute atomic E-state index is 0.891. The van der Waals surface area contributed by atoms with Crippen LogP contribution in [0.5, 0.6) is 0 Å². The quantitative estimate of drug-likeness (QED) is 0.163. The van der Waals surface area contributed by atoms with Crippen LogP contribution in [0.1, 0.15) is 0 Å². The highest BCUT2D eigenvalue weighted by Gasteiger charge is 2.22. The number of benzene rings is 9. The average Bonchev–Trinajstić information content (AvgIpc) is 3.82. The van der Waals surface area contributed by atoms with E-state index in [1.165, 1.54) is 38.5 Å². The monoisotopic (exact) mass is 728 g/mol. The van der Waals surface area contributed by atoms with Gasteiger partial charge in [-0.25, -0.2) is 0 Å². The molecule has 0 amide bonds. The molecule has 9 aromatic carbocycles. The number of anilines is 3. The van der Waals surface area contributed by atoms with Gasteiger partial charge in [0.1, 0.15) is 11.2 Å². The summed E-state index contributed by atoms with van der Waals surface area (Å²) in [4.78, 5) is 2.40. The number of furan rings is 1. The maximum Gasteiger partial charge on any atom is 0.135 e. The number of nitrogens with zero attached hydrogens (tertiary/aromatic N) is 2. The Morgan fingerprint density at radius 3 is 1.81 bits per heavy atom. The Morgan fingerprint density at radius 2 is 0.982 bits per heavy atom. The lowest BCUT2D eigenvalue weighted by atomic mass is 9.93. The Bertz CT molecular complexity index is 3230. The molecule has 0 aliphatic rings. The van der Waals surface area contributed by atoms with Gasteiger partial charge in [0.05, 0.1) is 22.4 Å². The molecule has 2 aromatic heterocycles. The molecule has 268 valence electrons. The Morgan fingerprint density at radius 1 is 0.351 bits per heavy atom. The number of hydrogen-bond donors (Lipinski definition) is 0. The van der Waals surface area contributed by atoms with Gasteiger partial charge in [0.25, 0.3) is 0 Å². The third kappa shape index (κ3) is 5.51. The van der Waals surface area contributed by atoms with Gasteiger partial charge in [-0.1, -0.05) is 158 Å². The van der Waals surface area contributed by atoms with E-state index in [1.807, 2.05) is 12.1 Å². The maximum absolute atomic E-state index is 6.23. The van der Waals surface area contributed by atoms with Crippen LogP contribution in [0.25, 0.3) is 82.8 Å². The molecule has 0 radical (unpaired) electrons. The molecule has 0 spiro atoms. The fourth-order valence-electron chi connectivity index (χ4n) is 8.66. The third-order valence-electron chi connectivity index (χ3n) is 11.2. The second kappa shape index (κ2) is 13.6. The molecular weight excluding hydrogens is 693 g/mol. The van der Waals surface area contributed by atoms with Gasteiger partial charge < -0.3 is 13.9 Å². The molecule has 11 rings (SSSR count). The molecule has 0 aliphatic carbocycles. The zero-order valence-electron chi connectivity index (χ0n) is 31.1. The van der Waals surface area contributed by atoms with Crippen molar-refractivity contribution in [3.8, 4) is 39.1 Å². The third-order valence-corrected chi connectivity index (χ3v) is 11.2. The van der Waals surface area contributed by atoms with Crippen molar-refractivity contribution in [1.82, 2.24) is 4.57 Å². The molecule has 57 heavy (non-hydrogen) atoms. The van der Waals surface area contributed by atoms with Crippen molar-refractivity contribution < 1.29 is 4.42 Å². The van der Waals surface area contributed by atoms with Gasteiger partial charge in [-0.05, 0) is 82.9 Å². The van der Waals surface area contributed by atoms with Gasteiger partial charge in [0.15, 0.2) is 0 Å². The van der Waals surface area contributed by atoms with Crippen LogP contribution in [0.2, 0.25) is 0 Å².